The van der Waals surface area contributed by atoms with Crippen LogP contribution in [0.2, 0.25) is 0 Å². The van der Waals surface area contributed by atoms with Gasteiger partial charge in [-0.05, 0) is 54.1 Å². The van der Waals surface area contributed by atoms with Crippen molar-refractivity contribution < 1.29 is 14.7 Å². The number of benzene rings is 2. The lowest BCUT2D eigenvalue weighted by Gasteiger charge is -2.09. The van der Waals surface area contributed by atoms with Crippen LogP contribution in [0.5, 0.6) is 5.75 Å². The van der Waals surface area contributed by atoms with Crippen LogP contribution in [-0.4, -0.2) is 16.3 Å². The Hall–Kier alpha value is -3.62. The molecular formula is C18H17N5O3. The third-order valence-corrected chi connectivity index (χ3v) is 3.55. The Balaban J connectivity index is 1.68. The van der Waals surface area contributed by atoms with Gasteiger partial charge in [0, 0.05) is 17.4 Å². The summed E-state index contributed by atoms with van der Waals surface area (Å²) in [5.74, 6) is 6.22. The van der Waals surface area contributed by atoms with E-state index in [2.05, 4.69) is 15.7 Å². The monoisotopic (exact) mass is 351 g/mol. The molecule has 0 bridgehead atoms. The number of aromatic nitrogens is 1. The van der Waals surface area contributed by atoms with E-state index in [0.29, 0.717) is 22.9 Å². The van der Waals surface area contributed by atoms with E-state index in [1.54, 1.807) is 42.6 Å². The van der Waals surface area contributed by atoms with Crippen molar-refractivity contribution in [1.29, 1.82) is 0 Å². The van der Waals surface area contributed by atoms with Crippen LogP contribution in [0.4, 0.5) is 22.0 Å². The van der Waals surface area contributed by atoms with Crippen LogP contribution in [0.15, 0.2) is 66.9 Å². The summed E-state index contributed by atoms with van der Waals surface area (Å²) in [5.41, 5.74) is 7.32. The number of nitrogens with one attached hydrogen (secondary N) is 3. The molecule has 1 aromatic heterocycles. The smallest absolute Gasteiger partial charge is 0.410 e. The summed E-state index contributed by atoms with van der Waals surface area (Å²) >= 11 is 0. The summed E-state index contributed by atoms with van der Waals surface area (Å²) in [6, 6.07) is 17.2. The largest absolute Gasteiger partial charge is 0.417 e. The van der Waals surface area contributed by atoms with E-state index in [1.807, 2.05) is 29.7 Å². The first-order valence-corrected chi connectivity index (χ1v) is 7.70. The molecule has 0 aliphatic carbocycles. The molecule has 0 atom stereocenters. The fourth-order valence-electron chi connectivity index (χ4n) is 2.27. The third kappa shape index (κ3) is 4.26. The lowest BCUT2D eigenvalue weighted by molar-refractivity contribution is 0.215. The molecule has 0 unspecified atom stereocenters. The Morgan fingerprint density at radius 1 is 1.00 bits per heavy atom. The molecular weight excluding hydrogens is 334 g/mol. The van der Waals surface area contributed by atoms with Crippen molar-refractivity contribution >= 4 is 23.3 Å². The van der Waals surface area contributed by atoms with Gasteiger partial charge in [0.15, 0.2) is 0 Å². The topological polar surface area (TPSA) is 122 Å². The molecule has 0 fully saturated rings. The van der Waals surface area contributed by atoms with Gasteiger partial charge in [0.25, 0.3) is 0 Å². The number of amides is 1. The minimum atomic E-state index is -0.618. The van der Waals surface area contributed by atoms with Gasteiger partial charge in [-0.15, -0.1) is 0 Å². The Bertz CT molecular complexity index is 882. The summed E-state index contributed by atoms with van der Waals surface area (Å²) in [6.45, 7) is 0. The third-order valence-electron chi connectivity index (χ3n) is 3.55. The Morgan fingerprint density at radius 3 is 2.46 bits per heavy atom. The van der Waals surface area contributed by atoms with E-state index in [1.165, 1.54) is 0 Å². The van der Waals surface area contributed by atoms with E-state index >= 15 is 0 Å². The predicted molar refractivity (Wildman–Crippen MR) is 99.0 cm³/mol. The van der Waals surface area contributed by atoms with E-state index in [0.717, 1.165) is 11.1 Å². The van der Waals surface area contributed by atoms with Crippen LogP contribution >= 0.6 is 0 Å². The average molecular weight is 351 g/mol. The molecule has 0 aliphatic heterocycles. The van der Waals surface area contributed by atoms with E-state index in [4.69, 9.17) is 15.8 Å². The second kappa shape index (κ2) is 7.97. The number of carbonyl (C=O) groups is 1. The SMILES string of the molecule is NNc1ccc(-c2cccc(NC(=O)Oc3ccc(NO)cc3)c2)cn1. The van der Waals surface area contributed by atoms with Crippen LogP contribution in [-0.2, 0) is 0 Å². The van der Waals surface area contributed by atoms with Crippen molar-refractivity contribution in [3.63, 3.8) is 0 Å². The van der Waals surface area contributed by atoms with Gasteiger partial charge in [-0.3, -0.25) is 16.0 Å². The first kappa shape index (κ1) is 17.2. The molecule has 0 aliphatic rings. The van der Waals surface area contributed by atoms with Crippen molar-refractivity contribution in [1.82, 2.24) is 4.98 Å². The van der Waals surface area contributed by atoms with Crippen molar-refractivity contribution in [2.45, 2.75) is 0 Å². The second-order valence-corrected chi connectivity index (χ2v) is 5.31. The van der Waals surface area contributed by atoms with E-state index in [9.17, 15) is 4.79 Å². The number of nitrogens with zero attached hydrogens (tertiary/aromatic N) is 1. The molecule has 8 heteroatoms. The van der Waals surface area contributed by atoms with Gasteiger partial charge in [-0.2, -0.15) is 0 Å². The molecule has 1 amide bonds. The minimum absolute atomic E-state index is 0.353. The second-order valence-electron chi connectivity index (χ2n) is 5.31. The molecule has 0 spiro atoms. The fourth-order valence-corrected chi connectivity index (χ4v) is 2.27. The maximum absolute atomic E-state index is 12.0. The van der Waals surface area contributed by atoms with Crippen LogP contribution in [0.25, 0.3) is 11.1 Å². The van der Waals surface area contributed by atoms with Gasteiger partial charge in [-0.1, -0.05) is 12.1 Å². The average Bonchev–Trinajstić information content (AvgIpc) is 2.69. The van der Waals surface area contributed by atoms with Crippen molar-refractivity contribution in [2.75, 3.05) is 16.2 Å². The number of hydrazine groups is 1. The number of nitrogen functional groups attached to an aromatic ring is 1. The number of rotatable bonds is 5. The summed E-state index contributed by atoms with van der Waals surface area (Å²) in [5, 5.41) is 11.4. The molecule has 8 nitrogen and oxygen atoms in total. The number of hydrogen-bond donors (Lipinski definition) is 5. The molecule has 3 rings (SSSR count). The maximum atomic E-state index is 12.0. The van der Waals surface area contributed by atoms with Crippen LogP contribution < -0.4 is 26.8 Å². The first-order valence-electron chi connectivity index (χ1n) is 7.70. The van der Waals surface area contributed by atoms with Crippen molar-refractivity contribution in [2.24, 2.45) is 5.84 Å². The summed E-state index contributed by atoms with van der Waals surface area (Å²) in [7, 11) is 0. The highest BCUT2D eigenvalue weighted by Gasteiger charge is 2.07. The highest BCUT2D eigenvalue weighted by Crippen LogP contribution is 2.23. The number of nitrogens with two attached hydrogens (primary N) is 1. The first-order chi connectivity index (χ1) is 12.7. The van der Waals surface area contributed by atoms with E-state index < -0.39 is 6.09 Å². The van der Waals surface area contributed by atoms with Crippen molar-refractivity contribution in [3.05, 3.63) is 66.9 Å². The van der Waals surface area contributed by atoms with Crippen LogP contribution in [0.3, 0.4) is 0 Å². The lowest BCUT2D eigenvalue weighted by Crippen LogP contribution is -2.16. The van der Waals surface area contributed by atoms with Gasteiger partial charge < -0.3 is 10.2 Å². The number of pyridine rings is 1. The van der Waals surface area contributed by atoms with Gasteiger partial charge in [0.05, 0.1) is 5.69 Å². The van der Waals surface area contributed by atoms with E-state index in [-0.39, 0.29) is 0 Å². The maximum Gasteiger partial charge on any atom is 0.417 e. The van der Waals surface area contributed by atoms with Crippen LogP contribution in [0, 0.1) is 0 Å². The highest BCUT2D eigenvalue weighted by molar-refractivity contribution is 5.87. The molecule has 0 radical (unpaired) electrons. The van der Waals surface area contributed by atoms with Crippen molar-refractivity contribution in [3.8, 4) is 16.9 Å². The molecule has 3 aromatic rings. The Labute approximate surface area is 149 Å². The van der Waals surface area contributed by atoms with Gasteiger partial charge in [0.2, 0.25) is 0 Å². The zero-order chi connectivity index (χ0) is 18.4. The number of carbonyl (C=O) groups excluding carboxylic acids is 1. The Morgan fingerprint density at radius 2 is 1.81 bits per heavy atom. The Kier molecular flexibility index (Phi) is 5.28. The summed E-state index contributed by atoms with van der Waals surface area (Å²) in [6.07, 6.45) is 1.07. The fraction of sp³-hybridized carbons (Fsp3) is 0. The minimum Gasteiger partial charge on any atom is -0.410 e. The molecule has 1 heterocycles. The number of ether oxygens (including phenoxy) is 1. The molecule has 0 saturated heterocycles. The predicted octanol–water partition coefficient (Wildman–Crippen LogP) is 3.45. The van der Waals surface area contributed by atoms with Crippen LogP contribution in [0.1, 0.15) is 0 Å². The normalized spacial score (nSPS) is 10.1. The number of hydrogen-bond acceptors (Lipinski definition) is 7. The highest BCUT2D eigenvalue weighted by atomic mass is 16.6. The van der Waals surface area contributed by atoms with Gasteiger partial charge in [0.1, 0.15) is 11.6 Å². The molecule has 26 heavy (non-hydrogen) atoms. The summed E-state index contributed by atoms with van der Waals surface area (Å²) in [4.78, 5) is 16.2. The molecule has 2 aromatic carbocycles. The number of anilines is 3. The standard InChI is InChI=1S/C18H17N5O3/c19-22-17-9-4-13(11-20-17)12-2-1-3-15(10-12)21-18(24)26-16-7-5-14(23-25)6-8-16/h1-11,23,25H,19H2,(H,20,22)(H,21,24). The molecule has 6 N–H and O–H groups in total. The lowest BCUT2D eigenvalue weighted by atomic mass is 10.1. The summed E-state index contributed by atoms with van der Waals surface area (Å²) < 4.78 is 5.20. The zero-order valence-corrected chi connectivity index (χ0v) is 13.6. The quantitative estimate of drug-likeness (QED) is 0.352. The van der Waals surface area contributed by atoms with Gasteiger partial charge >= 0.3 is 6.09 Å². The zero-order valence-electron chi connectivity index (χ0n) is 13.6. The molecule has 0 saturated carbocycles. The van der Waals surface area contributed by atoms with Gasteiger partial charge in [-0.25, -0.2) is 15.6 Å². The molecule has 132 valence electrons.